The van der Waals surface area contributed by atoms with E-state index in [1.54, 1.807) is 0 Å². The molecular formula is C13H23N3. The minimum atomic E-state index is 0.333. The molecule has 90 valence electrons. The number of rotatable bonds is 4. The first kappa shape index (κ1) is 11.6. The molecule has 0 aliphatic heterocycles. The lowest BCUT2D eigenvalue weighted by Crippen LogP contribution is -2.25. The van der Waals surface area contributed by atoms with Crippen LogP contribution in [-0.2, 0) is 12.0 Å². The van der Waals surface area contributed by atoms with Gasteiger partial charge in [0.25, 0.3) is 0 Å². The van der Waals surface area contributed by atoms with E-state index >= 15 is 0 Å². The Hall–Kier alpha value is -0.830. The third-order valence-corrected chi connectivity index (χ3v) is 3.93. The molecule has 1 saturated carbocycles. The van der Waals surface area contributed by atoms with Crippen molar-refractivity contribution in [3.05, 3.63) is 18.0 Å². The summed E-state index contributed by atoms with van der Waals surface area (Å²) in [5.41, 5.74) is 1.75. The maximum absolute atomic E-state index is 4.44. The molecule has 0 spiro atoms. The minimum absolute atomic E-state index is 0.333. The molecule has 2 atom stereocenters. The van der Waals surface area contributed by atoms with Crippen LogP contribution in [0.25, 0.3) is 0 Å². The highest BCUT2D eigenvalue weighted by molar-refractivity contribution is 5.21. The van der Waals surface area contributed by atoms with Crippen molar-refractivity contribution in [1.82, 2.24) is 15.1 Å². The molecule has 0 aromatic carbocycles. The topological polar surface area (TPSA) is 29.9 Å². The van der Waals surface area contributed by atoms with Gasteiger partial charge in [-0.1, -0.05) is 13.8 Å². The Balaban J connectivity index is 2.10. The molecule has 1 heterocycles. The molecule has 2 rings (SSSR count). The lowest BCUT2D eigenvalue weighted by Gasteiger charge is -2.22. The average molecular weight is 221 g/mol. The van der Waals surface area contributed by atoms with Crippen LogP contribution in [0.1, 0.15) is 45.1 Å². The third kappa shape index (κ3) is 2.14. The summed E-state index contributed by atoms with van der Waals surface area (Å²) in [6.07, 6.45) is 9.25. The Kier molecular flexibility index (Phi) is 3.33. The van der Waals surface area contributed by atoms with E-state index in [0.717, 1.165) is 13.0 Å². The standard InChI is InChI=1S/C13H23N3/c1-4-7-16-10-11(9-15-16)13(2)6-5-12(8-13)14-3/h9-10,12,14H,4-8H2,1-3H3. The van der Waals surface area contributed by atoms with Crippen LogP contribution in [0, 0.1) is 0 Å². The number of nitrogens with one attached hydrogen (secondary N) is 1. The molecule has 3 nitrogen and oxygen atoms in total. The van der Waals surface area contributed by atoms with E-state index < -0.39 is 0 Å². The van der Waals surface area contributed by atoms with Crippen molar-refractivity contribution in [3.63, 3.8) is 0 Å². The Bertz CT molecular complexity index is 345. The fourth-order valence-electron chi connectivity index (χ4n) is 2.78. The summed E-state index contributed by atoms with van der Waals surface area (Å²) in [5, 5.41) is 7.84. The second kappa shape index (κ2) is 4.58. The summed E-state index contributed by atoms with van der Waals surface area (Å²) in [4.78, 5) is 0. The largest absolute Gasteiger partial charge is 0.317 e. The van der Waals surface area contributed by atoms with E-state index in [1.807, 2.05) is 0 Å². The summed E-state index contributed by atoms with van der Waals surface area (Å²) >= 11 is 0. The Morgan fingerprint density at radius 2 is 2.44 bits per heavy atom. The van der Waals surface area contributed by atoms with Crippen LogP contribution >= 0.6 is 0 Å². The van der Waals surface area contributed by atoms with Gasteiger partial charge in [-0.15, -0.1) is 0 Å². The predicted molar refractivity (Wildman–Crippen MR) is 66.6 cm³/mol. The first-order valence-electron chi connectivity index (χ1n) is 6.38. The van der Waals surface area contributed by atoms with E-state index in [1.165, 1.54) is 24.8 Å². The second-order valence-corrected chi connectivity index (χ2v) is 5.28. The fourth-order valence-corrected chi connectivity index (χ4v) is 2.78. The normalized spacial score (nSPS) is 29.8. The molecular weight excluding hydrogens is 198 g/mol. The smallest absolute Gasteiger partial charge is 0.0527 e. The summed E-state index contributed by atoms with van der Waals surface area (Å²) in [6, 6.07) is 0.680. The number of hydrogen-bond donors (Lipinski definition) is 1. The van der Waals surface area contributed by atoms with E-state index in [0.29, 0.717) is 11.5 Å². The van der Waals surface area contributed by atoms with Crippen molar-refractivity contribution >= 4 is 0 Å². The minimum Gasteiger partial charge on any atom is -0.317 e. The monoisotopic (exact) mass is 221 g/mol. The number of aryl methyl sites for hydroxylation is 1. The molecule has 3 heteroatoms. The first-order valence-corrected chi connectivity index (χ1v) is 6.38. The van der Waals surface area contributed by atoms with Crippen molar-refractivity contribution in [2.24, 2.45) is 0 Å². The van der Waals surface area contributed by atoms with Gasteiger partial charge < -0.3 is 5.32 Å². The van der Waals surface area contributed by atoms with Gasteiger partial charge in [0.15, 0.2) is 0 Å². The van der Waals surface area contributed by atoms with Crippen molar-refractivity contribution in [2.75, 3.05) is 7.05 Å². The molecule has 0 saturated heterocycles. The fraction of sp³-hybridized carbons (Fsp3) is 0.769. The molecule has 0 bridgehead atoms. The van der Waals surface area contributed by atoms with Crippen LogP contribution in [0.4, 0.5) is 0 Å². The highest BCUT2D eigenvalue weighted by atomic mass is 15.3. The van der Waals surface area contributed by atoms with Gasteiger partial charge in [0.1, 0.15) is 0 Å². The van der Waals surface area contributed by atoms with E-state index in [9.17, 15) is 0 Å². The first-order chi connectivity index (χ1) is 7.68. The average Bonchev–Trinajstić information content (AvgIpc) is 2.86. The van der Waals surface area contributed by atoms with Crippen LogP contribution in [-0.4, -0.2) is 22.9 Å². The Morgan fingerprint density at radius 3 is 3.06 bits per heavy atom. The van der Waals surface area contributed by atoms with Crippen molar-refractivity contribution in [1.29, 1.82) is 0 Å². The molecule has 16 heavy (non-hydrogen) atoms. The molecule has 1 aromatic rings. The van der Waals surface area contributed by atoms with Crippen LogP contribution in [0.3, 0.4) is 0 Å². The number of aromatic nitrogens is 2. The van der Waals surface area contributed by atoms with E-state index in [-0.39, 0.29) is 0 Å². The summed E-state index contributed by atoms with van der Waals surface area (Å²) in [5.74, 6) is 0. The van der Waals surface area contributed by atoms with Gasteiger partial charge in [-0.25, -0.2) is 0 Å². The van der Waals surface area contributed by atoms with Crippen molar-refractivity contribution in [3.8, 4) is 0 Å². The zero-order valence-electron chi connectivity index (χ0n) is 10.7. The summed E-state index contributed by atoms with van der Waals surface area (Å²) < 4.78 is 2.08. The predicted octanol–water partition coefficient (Wildman–Crippen LogP) is 2.32. The Labute approximate surface area is 98.2 Å². The number of nitrogens with zero attached hydrogens (tertiary/aromatic N) is 2. The van der Waals surface area contributed by atoms with Crippen LogP contribution in [0.2, 0.25) is 0 Å². The molecule has 2 unspecified atom stereocenters. The maximum Gasteiger partial charge on any atom is 0.0527 e. The van der Waals surface area contributed by atoms with E-state index in [2.05, 4.69) is 48.4 Å². The molecule has 0 amide bonds. The third-order valence-electron chi connectivity index (χ3n) is 3.93. The van der Waals surface area contributed by atoms with Crippen molar-refractivity contribution in [2.45, 2.75) is 57.5 Å². The van der Waals surface area contributed by atoms with Gasteiger partial charge in [0.05, 0.1) is 6.20 Å². The summed E-state index contributed by atoms with van der Waals surface area (Å²) in [6.45, 7) is 5.60. The Morgan fingerprint density at radius 1 is 1.62 bits per heavy atom. The van der Waals surface area contributed by atoms with Crippen LogP contribution < -0.4 is 5.32 Å². The van der Waals surface area contributed by atoms with Gasteiger partial charge in [-0.05, 0) is 43.7 Å². The molecule has 1 aliphatic rings. The van der Waals surface area contributed by atoms with Gasteiger partial charge in [-0.2, -0.15) is 5.10 Å². The van der Waals surface area contributed by atoms with Crippen LogP contribution in [0.15, 0.2) is 12.4 Å². The summed E-state index contributed by atoms with van der Waals surface area (Å²) in [7, 11) is 2.07. The van der Waals surface area contributed by atoms with Gasteiger partial charge in [0.2, 0.25) is 0 Å². The zero-order chi connectivity index (χ0) is 11.6. The van der Waals surface area contributed by atoms with Gasteiger partial charge >= 0.3 is 0 Å². The lowest BCUT2D eigenvalue weighted by molar-refractivity contribution is 0.465. The maximum atomic E-state index is 4.44. The molecule has 0 radical (unpaired) electrons. The molecule has 1 aliphatic carbocycles. The van der Waals surface area contributed by atoms with Gasteiger partial charge in [0, 0.05) is 18.8 Å². The molecule has 1 fully saturated rings. The van der Waals surface area contributed by atoms with Gasteiger partial charge in [-0.3, -0.25) is 4.68 Å². The SMILES string of the molecule is CCCn1cc(C2(C)CCC(NC)C2)cn1. The molecule has 1 aromatic heterocycles. The van der Waals surface area contributed by atoms with Crippen LogP contribution in [0.5, 0.6) is 0 Å². The van der Waals surface area contributed by atoms with Crippen molar-refractivity contribution < 1.29 is 0 Å². The number of hydrogen-bond acceptors (Lipinski definition) is 2. The lowest BCUT2D eigenvalue weighted by atomic mass is 9.83. The van der Waals surface area contributed by atoms with E-state index in [4.69, 9.17) is 0 Å². The second-order valence-electron chi connectivity index (χ2n) is 5.28. The highest BCUT2D eigenvalue weighted by Crippen LogP contribution is 2.40. The molecule has 1 N–H and O–H groups in total. The highest BCUT2D eigenvalue weighted by Gasteiger charge is 2.36. The zero-order valence-corrected chi connectivity index (χ0v) is 10.7. The quantitative estimate of drug-likeness (QED) is 0.845.